The molecule has 0 aliphatic rings. The van der Waals surface area contributed by atoms with Crippen molar-refractivity contribution in [2.75, 3.05) is 26.7 Å². The van der Waals surface area contributed by atoms with Gasteiger partial charge in [0.15, 0.2) is 0 Å². The van der Waals surface area contributed by atoms with Gasteiger partial charge in [-0.15, -0.1) is 0 Å². The van der Waals surface area contributed by atoms with Gasteiger partial charge in [-0.3, -0.25) is 0 Å². The van der Waals surface area contributed by atoms with E-state index in [1.165, 1.54) is 5.56 Å². The third-order valence-electron chi connectivity index (χ3n) is 2.07. The van der Waals surface area contributed by atoms with Crippen molar-refractivity contribution in [1.29, 1.82) is 0 Å². The Hall–Kier alpha value is -1.06. The van der Waals surface area contributed by atoms with Crippen molar-refractivity contribution in [2.24, 2.45) is 5.73 Å². The van der Waals surface area contributed by atoms with Crippen LogP contribution >= 0.6 is 0 Å². The van der Waals surface area contributed by atoms with E-state index >= 15 is 0 Å². The molecular weight excluding hydrogens is 176 g/mol. The molecule has 0 aliphatic heterocycles. The molecule has 0 aromatic heterocycles. The first-order valence-corrected chi connectivity index (χ1v) is 4.90. The van der Waals surface area contributed by atoms with Crippen LogP contribution in [0.2, 0.25) is 0 Å². The minimum atomic E-state index is 0.697. The molecule has 0 saturated carbocycles. The molecule has 3 heteroatoms. The molecule has 1 aromatic carbocycles. The predicted octanol–water partition coefficient (Wildman–Crippen LogP) is 0.786. The first-order valence-electron chi connectivity index (χ1n) is 4.90. The second-order valence-corrected chi connectivity index (χ2v) is 3.14. The molecule has 14 heavy (non-hydrogen) atoms. The maximum Gasteiger partial charge on any atom is 0.118 e. The second kappa shape index (κ2) is 6.40. The number of hydrogen-bond donors (Lipinski definition) is 2. The highest BCUT2D eigenvalue weighted by molar-refractivity contribution is 5.27. The maximum absolute atomic E-state index is 5.37. The van der Waals surface area contributed by atoms with Gasteiger partial charge in [0, 0.05) is 13.1 Å². The molecule has 3 nitrogen and oxygen atoms in total. The quantitative estimate of drug-likeness (QED) is 0.658. The van der Waals surface area contributed by atoms with Crippen LogP contribution in [0.25, 0.3) is 0 Å². The maximum atomic E-state index is 5.37. The first-order chi connectivity index (χ1) is 6.86. The number of nitrogens with one attached hydrogen (secondary N) is 1. The van der Waals surface area contributed by atoms with Crippen LogP contribution in [0.15, 0.2) is 24.3 Å². The normalized spacial score (nSPS) is 10.1. The van der Waals surface area contributed by atoms with Crippen LogP contribution in [0.3, 0.4) is 0 Å². The summed E-state index contributed by atoms with van der Waals surface area (Å²) in [6.07, 6.45) is 1.03. The van der Waals surface area contributed by atoms with Gasteiger partial charge in [-0.2, -0.15) is 0 Å². The Morgan fingerprint density at radius 3 is 2.50 bits per heavy atom. The smallest absolute Gasteiger partial charge is 0.118 e. The Balaban J connectivity index is 2.29. The Labute approximate surface area is 85.3 Å². The lowest BCUT2D eigenvalue weighted by Gasteiger charge is -2.04. The summed E-state index contributed by atoms with van der Waals surface area (Å²) >= 11 is 0. The van der Waals surface area contributed by atoms with Gasteiger partial charge >= 0.3 is 0 Å². The van der Waals surface area contributed by atoms with Gasteiger partial charge in [-0.25, -0.2) is 0 Å². The molecular formula is C11H18N2O. The van der Waals surface area contributed by atoms with E-state index in [0.29, 0.717) is 6.54 Å². The summed E-state index contributed by atoms with van der Waals surface area (Å²) in [4.78, 5) is 0. The van der Waals surface area contributed by atoms with Crippen LogP contribution in [0.5, 0.6) is 5.75 Å². The summed E-state index contributed by atoms with van der Waals surface area (Å²) in [5.41, 5.74) is 6.68. The summed E-state index contributed by atoms with van der Waals surface area (Å²) in [5, 5.41) is 3.26. The van der Waals surface area contributed by atoms with Crippen LogP contribution in [0.4, 0.5) is 0 Å². The molecule has 0 amide bonds. The van der Waals surface area contributed by atoms with Gasteiger partial charge < -0.3 is 15.8 Å². The number of nitrogens with two attached hydrogens (primary N) is 1. The van der Waals surface area contributed by atoms with E-state index in [2.05, 4.69) is 17.4 Å². The van der Waals surface area contributed by atoms with Gasteiger partial charge in [0.1, 0.15) is 5.75 Å². The molecule has 0 fully saturated rings. The van der Waals surface area contributed by atoms with Gasteiger partial charge in [0.05, 0.1) is 7.11 Å². The topological polar surface area (TPSA) is 47.3 Å². The number of methoxy groups -OCH3 is 1. The van der Waals surface area contributed by atoms with Crippen LogP contribution in [-0.2, 0) is 6.42 Å². The minimum Gasteiger partial charge on any atom is -0.497 e. The fourth-order valence-corrected chi connectivity index (χ4v) is 1.25. The van der Waals surface area contributed by atoms with E-state index in [4.69, 9.17) is 10.5 Å². The van der Waals surface area contributed by atoms with Crippen molar-refractivity contribution in [3.05, 3.63) is 29.8 Å². The molecule has 1 aromatic rings. The zero-order valence-electron chi connectivity index (χ0n) is 8.62. The van der Waals surface area contributed by atoms with Gasteiger partial charge in [0.2, 0.25) is 0 Å². The molecule has 78 valence electrons. The highest BCUT2D eigenvalue weighted by atomic mass is 16.5. The zero-order chi connectivity index (χ0) is 10.2. The molecule has 0 radical (unpaired) electrons. The summed E-state index contributed by atoms with van der Waals surface area (Å²) in [5.74, 6) is 0.906. The standard InChI is InChI=1S/C11H18N2O/c1-14-11-4-2-10(3-5-11)6-8-13-9-7-12/h2-5,13H,6-9,12H2,1H3. The highest BCUT2D eigenvalue weighted by Crippen LogP contribution is 2.11. The fraction of sp³-hybridized carbons (Fsp3) is 0.455. The monoisotopic (exact) mass is 194 g/mol. The lowest BCUT2D eigenvalue weighted by Crippen LogP contribution is -2.24. The average Bonchev–Trinajstić information content (AvgIpc) is 2.25. The molecule has 0 unspecified atom stereocenters. The van der Waals surface area contributed by atoms with E-state index in [-0.39, 0.29) is 0 Å². The predicted molar refractivity (Wildman–Crippen MR) is 58.6 cm³/mol. The molecule has 0 heterocycles. The molecule has 0 bridgehead atoms. The summed E-state index contributed by atoms with van der Waals surface area (Å²) in [6, 6.07) is 8.14. The van der Waals surface area contributed by atoms with Crippen molar-refractivity contribution in [3.8, 4) is 5.75 Å². The van der Waals surface area contributed by atoms with Gasteiger partial charge in [0.25, 0.3) is 0 Å². The molecule has 3 N–H and O–H groups in total. The lowest BCUT2D eigenvalue weighted by molar-refractivity contribution is 0.414. The molecule has 0 atom stereocenters. The summed E-state index contributed by atoms with van der Waals surface area (Å²) < 4.78 is 5.08. The second-order valence-electron chi connectivity index (χ2n) is 3.14. The van der Waals surface area contributed by atoms with E-state index in [1.54, 1.807) is 7.11 Å². The number of benzene rings is 1. The largest absolute Gasteiger partial charge is 0.497 e. The van der Waals surface area contributed by atoms with E-state index in [9.17, 15) is 0 Å². The zero-order valence-corrected chi connectivity index (χ0v) is 8.62. The SMILES string of the molecule is COc1ccc(CCNCCN)cc1. The number of rotatable bonds is 6. The van der Waals surface area contributed by atoms with E-state index in [1.807, 2.05) is 12.1 Å². The van der Waals surface area contributed by atoms with Crippen molar-refractivity contribution in [1.82, 2.24) is 5.32 Å². The molecule has 0 spiro atoms. The Morgan fingerprint density at radius 1 is 1.21 bits per heavy atom. The minimum absolute atomic E-state index is 0.697. The van der Waals surface area contributed by atoms with Crippen molar-refractivity contribution >= 4 is 0 Å². The average molecular weight is 194 g/mol. The Bertz CT molecular complexity index is 246. The lowest BCUT2D eigenvalue weighted by atomic mass is 10.1. The number of ether oxygens (including phenoxy) is 1. The number of hydrogen-bond acceptors (Lipinski definition) is 3. The van der Waals surface area contributed by atoms with Crippen molar-refractivity contribution < 1.29 is 4.74 Å². The van der Waals surface area contributed by atoms with Gasteiger partial charge in [-0.05, 0) is 30.7 Å². The van der Waals surface area contributed by atoms with Crippen LogP contribution in [0.1, 0.15) is 5.56 Å². The van der Waals surface area contributed by atoms with Crippen LogP contribution in [-0.4, -0.2) is 26.7 Å². The van der Waals surface area contributed by atoms with E-state index < -0.39 is 0 Å². The van der Waals surface area contributed by atoms with Gasteiger partial charge in [-0.1, -0.05) is 12.1 Å². The Kier molecular flexibility index (Phi) is 5.04. The third kappa shape index (κ3) is 3.77. The van der Waals surface area contributed by atoms with Crippen LogP contribution in [0, 0.1) is 0 Å². The molecule has 1 rings (SSSR count). The van der Waals surface area contributed by atoms with Crippen molar-refractivity contribution in [2.45, 2.75) is 6.42 Å². The third-order valence-corrected chi connectivity index (χ3v) is 2.07. The first kappa shape index (κ1) is 11.0. The molecule has 0 saturated heterocycles. The summed E-state index contributed by atoms with van der Waals surface area (Å²) in [7, 11) is 1.68. The molecule has 0 aliphatic carbocycles. The summed E-state index contributed by atoms with van der Waals surface area (Å²) in [6.45, 7) is 2.56. The van der Waals surface area contributed by atoms with Crippen LogP contribution < -0.4 is 15.8 Å². The Morgan fingerprint density at radius 2 is 1.93 bits per heavy atom. The fourth-order valence-electron chi connectivity index (χ4n) is 1.25. The van der Waals surface area contributed by atoms with E-state index in [0.717, 1.165) is 25.3 Å². The highest BCUT2D eigenvalue weighted by Gasteiger charge is 1.93. The van der Waals surface area contributed by atoms with Crippen molar-refractivity contribution in [3.63, 3.8) is 0 Å².